The lowest BCUT2D eigenvalue weighted by atomic mass is 10.0. The molecule has 2 N–H and O–H groups in total. The molecule has 0 radical (unpaired) electrons. The van der Waals surface area contributed by atoms with Crippen LogP contribution in [0.1, 0.15) is 59.4 Å². The molecule has 8 heteroatoms. The van der Waals surface area contributed by atoms with E-state index in [-0.39, 0.29) is 29.5 Å². The molecular weight excluding hydrogens is 432 g/mol. The van der Waals surface area contributed by atoms with Gasteiger partial charge < -0.3 is 20.4 Å². The van der Waals surface area contributed by atoms with Gasteiger partial charge in [0.2, 0.25) is 11.8 Å². The highest BCUT2D eigenvalue weighted by Gasteiger charge is 2.39. The molecule has 34 heavy (non-hydrogen) atoms. The number of anilines is 2. The number of fused-ring (bicyclic) bond motifs is 3. The fourth-order valence-electron chi connectivity index (χ4n) is 5.14. The molecule has 0 aliphatic carbocycles. The second-order valence-electron chi connectivity index (χ2n) is 9.63. The molecule has 3 aliphatic rings. The van der Waals surface area contributed by atoms with Gasteiger partial charge in [0.05, 0.1) is 11.3 Å². The molecule has 0 saturated carbocycles. The number of nitrogens with zero attached hydrogens (tertiary/aromatic N) is 2. The zero-order chi connectivity index (χ0) is 24.0. The number of nitrogens with one attached hydrogen (secondary N) is 2. The van der Waals surface area contributed by atoms with Gasteiger partial charge in [0.15, 0.2) is 0 Å². The van der Waals surface area contributed by atoms with Gasteiger partial charge >= 0.3 is 0 Å². The van der Waals surface area contributed by atoms with Crippen LogP contribution in [0.3, 0.4) is 0 Å². The van der Waals surface area contributed by atoms with Crippen molar-refractivity contribution in [2.24, 2.45) is 5.92 Å². The summed E-state index contributed by atoms with van der Waals surface area (Å²) >= 11 is 0. The number of hydrogen-bond donors (Lipinski definition) is 2. The zero-order valence-electron chi connectivity index (χ0n) is 19.3. The van der Waals surface area contributed by atoms with Gasteiger partial charge in [-0.05, 0) is 55.0 Å². The van der Waals surface area contributed by atoms with Crippen LogP contribution in [0.15, 0.2) is 42.5 Å². The van der Waals surface area contributed by atoms with Crippen molar-refractivity contribution in [2.75, 3.05) is 17.2 Å². The van der Waals surface area contributed by atoms with Crippen LogP contribution in [-0.4, -0.2) is 52.1 Å². The van der Waals surface area contributed by atoms with Gasteiger partial charge in [-0.1, -0.05) is 32.0 Å². The Morgan fingerprint density at radius 2 is 1.88 bits per heavy atom. The quantitative estimate of drug-likeness (QED) is 0.716. The van der Waals surface area contributed by atoms with Crippen molar-refractivity contribution in [1.29, 1.82) is 0 Å². The van der Waals surface area contributed by atoms with E-state index in [1.165, 1.54) is 0 Å². The van der Waals surface area contributed by atoms with Crippen LogP contribution < -0.4 is 10.6 Å². The first-order valence-electron chi connectivity index (χ1n) is 11.8. The number of hydrogen-bond acceptors (Lipinski definition) is 4. The van der Waals surface area contributed by atoms with Crippen molar-refractivity contribution in [2.45, 2.75) is 51.7 Å². The van der Waals surface area contributed by atoms with E-state index in [9.17, 15) is 19.2 Å². The maximum absolute atomic E-state index is 13.4. The number of benzene rings is 2. The Balaban J connectivity index is 1.40. The van der Waals surface area contributed by atoms with Crippen molar-refractivity contribution in [1.82, 2.24) is 9.80 Å². The number of carbonyl (C=O) groups is 4. The van der Waals surface area contributed by atoms with Gasteiger partial charge in [-0.3, -0.25) is 19.2 Å². The van der Waals surface area contributed by atoms with Crippen LogP contribution in [-0.2, 0) is 16.1 Å². The van der Waals surface area contributed by atoms with E-state index >= 15 is 0 Å². The van der Waals surface area contributed by atoms with E-state index in [0.29, 0.717) is 48.4 Å². The Bertz CT molecular complexity index is 1190. The zero-order valence-corrected chi connectivity index (χ0v) is 19.3. The third kappa shape index (κ3) is 3.83. The van der Waals surface area contributed by atoms with E-state index in [1.807, 2.05) is 32.0 Å². The van der Waals surface area contributed by atoms with Crippen molar-refractivity contribution >= 4 is 35.0 Å². The Morgan fingerprint density at radius 3 is 2.65 bits per heavy atom. The Hall–Kier alpha value is -3.68. The van der Waals surface area contributed by atoms with E-state index in [0.717, 1.165) is 12.0 Å². The summed E-state index contributed by atoms with van der Waals surface area (Å²) in [6, 6.07) is 11.3. The molecule has 4 amide bonds. The fourth-order valence-corrected chi connectivity index (χ4v) is 5.14. The van der Waals surface area contributed by atoms with Crippen LogP contribution in [0.4, 0.5) is 11.4 Å². The van der Waals surface area contributed by atoms with Crippen LogP contribution in [0.5, 0.6) is 0 Å². The molecular formula is C26H28N4O4. The smallest absolute Gasteiger partial charge is 0.256 e. The lowest BCUT2D eigenvalue weighted by Gasteiger charge is -2.28. The van der Waals surface area contributed by atoms with Gasteiger partial charge in [0, 0.05) is 24.3 Å². The summed E-state index contributed by atoms with van der Waals surface area (Å²) in [6.07, 6.45) is 1.96. The molecule has 1 fully saturated rings. The first-order valence-corrected chi connectivity index (χ1v) is 11.8. The standard InChI is InChI=1S/C26H28N4O4/c1-15(2)12-22(30-14-16-6-3-4-7-18(16)25(30)33)24(32)27-17-9-10-20-19(13-17)26(34)29-11-5-8-21(29)23(31)28-20/h3-4,6-7,9-10,13,15,21-22H,5,8,11-12,14H2,1-2H3,(H,27,32)(H,28,31)/t21-,22+/m0/s1. The Labute approximate surface area is 198 Å². The minimum atomic E-state index is -0.642. The van der Waals surface area contributed by atoms with Crippen LogP contribution in [0, 0.1) is 5.92 Å². The molecule has 3 heterocycles. The molecule has 0 aromatic heterocycles. The highest BCUT2D eigenvalue weighted by atomic mass is 16.2. The molecule has 1 saturated heterocycles. The molecule has 5 rings (SSSR count). The Kier molecular flexibility index (Phi) is 5.59. The Morgan fingerprint density at radius 1 is 1.09 bits per heavy atom. The summed E-state index contributed by atoms with van der Waals surface area (Å²) in [5.74, 6) is -0.625. The first-order chi connectivity index (χ1) is 16.3. The van der Waals surface area contributed by atoms with Crippen LogP contribution in [0.25, 0.3) is 0 Å². The molecule has 0 bridgehead atoms. The molecule has 2 aromatic rings. The lowest BCUT2D eigenvalue weighted by Crippen LogP contribution is -2.45. The average Bonchev–Trinajstić information content (AvgIpc) is 3.41. The maximum atomic E-state index is 13.4. The predicted octanol–water partition coefficient (Wildman–Crippen LogP) is 3.25. The van der Waals surface area contributed by atoms with Gasteiger partial charge in [-0.2, -0.15) is 0 Å². The van der Waals surface area contributed by atoms with Crippen molar-refractivity contribution < 1.29 is 19.2 Å². The molecule has 0 unspecified atom stereocenters. The minimum absolute atomic E-state index is 0.142. The third-order valence-electron chi connectivity index (χ3n) is 6.81. The van der Waals surface area contributed by atoms with Gasteiger partial charge in [-0.15, -0.1) is 0 Å². The van der Waals surface area contributed by atoms with E-state index < -0.39 is 12.1 Å². The van der Waals surface area contributed by atoms with Crippen molar-refractivity contribution in [3.05, 3.63) is 59.2 Å². The third-order valence-corrected chi connectivity index (χ3v) is 6.81. The second kappa shape index (κ2) is 8.59. The highest BCUT2D eigenvalue weighted by molar-refractivity contribution is 6.11. The molecule has 2 aromatic carbocycles. The van der Waals surface area contributed by atoms with Gasteiger partial charge in [-0.25, -0.2) is 0 Å². The fraction of sp³-hybridized carbons (Fsp3) is 0.385. The largest absolute Gasteiger partial charge is 0.327 e. The first kappa shape index (κ1) is 22.1. The van der Waals surface area contributed by atoms with E-state index in [4.69, 9.17) is 0 Å². The molecule has 3 aliphatic heterocycles. The summed E-state index contributed by atoms with van der Waals surface area (Å²) in [7, 11) is 0. The van der Waals surface area contributed by atoms with Crippen LogP contribution >= 0.6 is 0 Å². The van der Waals surface area contributed by atoms with Gasteiger partial charge in [0.25, 0.3) is 11.8 Å². The highest BCUT2D eigenvalue weighted by Crippen LogP contribution is 2.31. The van der Waals surface area contributed by atoms with E-state index in [1.54, 1.807) is 34.1 Å². The molecule has 176 valence electrons. The number of rotatable bonds is 5. The summed E-state index contributed by atoms with van der Waals surface area (Å²) in [5, 5.41) is 5.76. The summed E-state index contributed by atoms with van der Waals surface area (Å²) in [4.78, 5) is 55.3. The molecule has 2 atom stereocenters. The predicted molar refractivity (Wildman–Crippen MR) is 127 cm³/mol. The van der Waals surface area contributed by atoms with E-state index in [2.05, 4.69) is 10.6 Å². The van der Waals surface area contributed by atoms with Crippen LogP contribution in [0.2, 0.25) is 0 Å². The minimum Gasteiger partial charge on any atom is -0.327 e. The number of carbonyl (C=O) groups excluding carboxylic acids is 4. The molecule has 0 spiro atoms. The number of amides is 4. The average molecular weight is 461 g/mol. The van der Waals surface area contributed by atoms with Gasteiger partial charge in [0.1, 0.15) is 12.1 Å². The molecule has 8 nitrogen and oxygen atoms in total. The SMILES string of the molecule is CC(C)C[C@H](C(=O)Nc1ccc2c(c1)C(=O)N1CCC[C@H]1C(=O)N2)N1Cc2ccccc2C1=O. The lowest BCUT2D eigenvalue weighted by molar-refractivity contribution is -0.121. The normalized spacial score (nSPS) is 20.0. The summed E-state index contributed by atoms with van der Waals surface area (Å²) in [6.45, 7) is 4.97. The van der Waals surface area contributed by atoms with Crippen molar-refractivity contribution in [3.63, 3.8) is 0 Å². The topological polar surface area (TPSA) is 98.8 Å². The summed E-state index contributed by atoms with van der Waals surface area (Å²) < 4.78 is 0. The maximum Gasteiger partial charge on any atom is 0.256 e. The monoisotopic (exact) mass is 460 g/mol. The second-order valence-corrected chi connectivity index (χ2v) is 9.63. The van der Waals surface area contributed by atoms with Crippen molar-refractivity contribution in [3.8, 4) is 0 Å². The summed E-state index contributed by atoms with van der Waals surface area (Å²) in [5.41, 5.74) is 2.82.